The summed E-state index contributed by atoms with van der Waals surface area (Å²) in [6.07, 6.45) is -2.50. The summed E-state index contributed by atoms with van der Waals surface area (Å²) >= 11 is 0. The molecule has 1 aliphatic heterocycles. The third-order valence-electron chi connectivity index (χ3n) is 2.43. The van der Waals surface area contributed by atoms with E-state index in [9.17, 15) is 13.2 Å². The molecule has 0 aromatic heterocycles. The highest BCUT2D eigenvalue weighted by Crippen LogP contribution is 2.17. The molecule has 0 radical (unpaired) electrons. The molecule has 0 amide bonds. The number of piperidine rings is 1. The summed E-state index contributed by atoms with van der Waals surface area (Å²) < 4.78 is 35.3. The number of alkyl halides is 3. The van der Waals surface area contributed by atoms with E-state index in [-0.39, 0.29) is 12.5 Å². The minimum atomic E-state index is -4.22. The van der Waals surface area contributed by atoms with E-state index in [4.69, 9.17) is 0 Å². The van der Waals surface area contributed by atoms with Gasteiger partial charge in [0.25, 0.3) is 0 Å². The summed E-state index contributed by atoms with van der Waals surface area (Å²) in [5.41, 5.74) is 0. The summed E-state index contributed by atoms with van der Waals surface area (Å²) in [6, 6.07) is 0. The van der Waals surface area contributed by atoms with Crippen LogP contribution in [0, 0.1) is 5.92 Å². The van der Waals surface area contributed by atoms with E-state index >= 15 is 0 Å². The molecule has 2 nitrogen and oxygen atoms in total. The van der Waals surface area contributed by atoms with Crippen molar-refractivity contribution in [2.75, 3.05) is 26.7 Å². The Morgan fingerprint density at radius 1 is 1.31 bits per heavy atom. The molecule has 13 heavy (non-hydrogen) atoms. The Kier molecular flexibility index (Phi) is 3.55. The number of hydrogen-bond acceptors (Lipinski definition) is 2. The zero-order valence-corrected chi connectivity index (χ0v) is 7.69. The molecule has 0 spiro atoms. The van der Waals surface area contributed by atoms with Crippen LogP contribution < -0.4 is 5.32 Å². The first kappa shape index (κ1) is 10.8. The smallest absolute Gasteiger partial charge is 0.306 e. The normalized spacial score (nSPS) is 22.2. The minimum Gasteiger partial charge on any atom is -0.306 e. The Hall–Kier alpha value is -0.290. The van der Waals surface area contributed by atoms with Gasteiger partial charge in [-0.1, -0.05) is 0 Å². The summed E-state index contributed by atoms with van der Waals surface area (Å²) in [5.74, 6) is 0.179. The third kappa shape index (κ3) is 4.47. The van der Waals surface area contributed by atoms with Gasteiger partial charge in [-0.05, 0) is 38.9 Å². The lowest BCUT2D eigenvalue weighted by Crippen LogP contribution is -2.40. The minimum absolute atomic E-state index is 0.0668. The van der Waals surface area contributed by atoms with Crippen molar-refractivity contribution in [2.24, 2.45) is 5.92 Å². The third-order valence-corrected chi connectivity index (χ3v) is 2.43. The van der Waals surface area contributed by atoms with E-state index in [2.05, 4.69) is 4.90 Å². The van der Waals surface area contributed by atoms with Gasteiger partial charge in [0, 0.05) is 6.54 Å². The lowest BCUT2D eigenvalue weighted by atomic mass is 9.97. The van der Waals surface area contributed by atoms with Gasteiger partial charge in [0.05, 0.1) is 0 Å². The Balaban J connectivity index is 2.16. The monoisotopic (exact) mass is 196 g/mol. The van der Waals surface area contributed by atoms with Crippen LogP contribution >= 0.6 is 0 Å². The van der Waals surface area contributed by atoms with Crippen molar-refractivity contribution in [1.82, 2.24) is 10.2 Å². The molecular formula is C8H15F3N2. The van der Waals surface area contributed by atoms with Gasteiger partial charge in [-0.3, -0.25) is 0 Å². The van der Waals surface area contributed by atoms with Crippen molar-refractivity contribution < 1.29 is 13.2 Å². The number of hydrogen-bond donors (Lipinski definition) is 1. The van der Waals surface area contributed by atoms with Gasteiger partial charge in [-0.15, -0.1) is 0 Å². The molecule has 1 rings (SSSR count). The van der Waals surface area contributed by atoms with Crippen molar-refractivity contribution >= 4 is 0 Å². The molecule has 78 valence electrons. The number of nitrogens with zero attached hydrogens (tertiary/aromatic N) is 1. The maximum absolute atomic E-state index is 11.8. The van der Waals surface area contributed by atoms with Crippen LogP contribution in [-0.4, -0.2) is 37.9 Å². The second-order valence-corrected chi connectivity index (χ2v) is 3.63. The molecule has 0 aliphatic carbocycles. The molecule has 0 aromatic carbocycles. The standard InChI is InChI=1S/C8H15F3N2/c1-13-4-2-7(3-5-13)6-12-8(9,10)11/h7,12H,2-6H2,1H3. The van der Waals surface area contributed by atoms with Crippen molar-refractivity contribution in [2.45, 2.75) is 19.1 Å². The fourth-order valence-corrected chi connectivity index (χ4v) is 1.53. The first-order chi connectivity index (χ1) is 5.97. The molecule has 0 atom stereocenters. The van der Waals surface area contributed by atoms with Gasteiger partial charge in [0.15, 0.2) is 0 Å². The van der Waals surface area contributed by atoms with Gasteiger partial charge in [0.1, 0.15) is 0 Å². The van der Waals surface area contributed by atoms with Crippen molar-refractivity contribution in [3.05, 3.63) is 0 Å². The number of likely N-dealkylation sites (tertiary alicyclic amines) is 1. The van der Waals surface area contributed by atoms with Crippen molar-refractivity contribution in [1.29, 1.82) is 0 Å². The van der Waals surface area contributed by atoms with Crippen LogP contribution in [0.3, 0.4) is 0 Å². The number of nitrogens with one attached hydrogen (secondary N) is 1. The summed E-state index contributed by atoms with van der Waals surface area (Å²) in [6.45, 7) is 1.88. The Morgan fingerprint density at radius 3 is 2.31 bits per heavy atom. The van der Waals surface area contributed by atoms with Crippen LogP contribution in [0.25, 0.3) is 0 Å². The van der Waals surface area contributed by atoms with Gasteiger partial charge < -0.3 is 4.90 Å². The van der Waals surface area contributed by atoms with Crippen LogP contribution in [0.1, 0.15) is 12.8 Å². The Morgan fingerprint density at radius 2 is 1.85 bits per heavy atom. The van der Waals surface area contributed by atoms with Crippen LogP contribution in [0.4, 0.5) is 13.2 Å². The van der Waals surface area contributed by atoms with E-state index in [0.29, 0.717) is 0 Å². The van der Waals surface area contributed by atoms with Crippen LogP contribution in [-0.2, 0) is 0 Å². The molecule has 5 heteroatoms. The van der Waals surface area contributed by atoms with Crippen molar-refractivity contribution in [3.8, 4) is 0 Å². The van der Waals surface area contributed by atoms with E-state index in [1.165, 1.54) is 0 Å². The average molecular weight is 196 g/mol. The molecule has 1 saturated heterocycles. The molecule has 1 fully saturated rings. The quantitative estimate of drug-likeness (QED) is 0.672. The first-order valence-electron chi connectivity index (χ1n) is 4.47. The van der Waals surface area contributed by atoms with Gasteiger partial charge in [-0.25, -0.2) is 5.32 Å². The molecule has 0 saturated carbocycles. The van der Waals surface area contributed by atoms with Gasteiger partial charge in [0.2, 0.25) is 0 Å². The summed E-state index contributed by atoms with van der Waals surface area (Å²) in [7, 11) is 1.99. The predicted octanol–water partition coefficient (Wildman–Crippen LogP) is 1.44. The van der Waals surface area contributed by atoms with Crippen LogP contribution in [0.15, 0.2) is 0 Å². The van der Waals surface area contributed by atoms with Crippen LogP contribution in [0.5, 0.6) is 0 Å². The van der Waals surface area contributed by atoms with Crippen LogP contribution in [0.2, 0.25) is 0 Å². The Bertz CT molecular complexity index is 150. The van der Waals surface area contributed by atoms with Crippen molar-refractivity contribution in [3.63, 3.8) is 0 Å². The SMILES string of the molecule is CN1CCC(CNC(F)(F)F)CC1. The lowest BCUT2D eigenvalue weighted by molar-refractivity contribution is -0.159. The lowest BCUT2D eigenvalue weighted by Gasteiger charge is -2.29. The maximum atomic E-state index is 11.8. The maximum Gasteiger partial charge on any atom is 0.457 e. The Labute approximate surface area is 76.1 Å². The molecular weight excluding hydrogens is 181 g/mol. The highest BCUT2D eigenvalue weighted by molar-refractivity contribution is 4.72. The summed E-state index contributed by atoms with van der Waals surface area (Å²) in [4.78, 5) is 2.14. The largest absolute Gasteiger partial charge is 0.457 e. The molecule has 1 N–H and O–H groups in total. The fourth-order valence-electron chi connectivity index (χ4n) is 1.53. The second kappa shape index (κ2) is 4.28. The second-order valence-electron chi connectivity index (χ2n) is 3.63. The fraction of sp³-hybridized carbons (Fsp3) is 1.00. The predicted molar refractivity (Wildman–Crippen MR) is 44.3 cm³/mol. The number of halogens is 3. The van der Waals surface area contributed by atoms with E-state index in [0.717, 1.165) is 25.9 Å². The zero-order valence-electron chi connectivity index (χ0n) is 7.69. The van der Waals surface area contributed by atoms with Gasteiger partial charge >= 0.3 is 6.30 Å². The van der Waals surface area contributed by atoms with E-state index in [1.54, 1.807) is 5.32 Å². The molecule has 1 aliphatic rings. The average Bonchev–Trinajstić information content (AvgIpc) is 2.02. The topological polar surface area (TPSA) is 15.3 Å². The zero-order chi connectivity index (χ0) is 9.90. The molecule has 0 bridgehead atoms. The first-order valence-corrected chi connectivity index (χ1v) is 4.47. The van der Waals surface area contributed by atoms with E-state index < -0.39 is 6.30 Å². The number of rotatable bonds is 2. The molecule has 0 aromatic rings. The van der Waals surface area contributed by atoms with Gasteiger partial charge in [-0.2, -0.15) is 13.2 Å². The highest BCUT2D eigenvalue weighted by Gasteiger charge is 2.28. The highest BCUT2D eigenvalue weighted by atomic mass is 19.4. The molecule has 0 unspecified atom stereocenters. The van der Waals surface area contributed by atoms with E-state index in [1.807, 2.05) is 7.05 Å². The molecule has 1 heterocycles. The summed E-state index contributed by atoms with van der Waals surface area (Å²) in [5, 5.41) is 1.59.